The van der Waals surface area contributed by atoms with E-state index in [1.807, 2.05) is 12.1 Å². The lowest BCUT2D eigenvalue weighted by atomic mass is 9.66. The van der Waals surface area contributed by atoms with E-state index in [1.54, 1.807) is 0 Å². The number of aliphatic hydroxyl groups is 1. The van der Waals surface area contributed by atoms with Gasteiger partial charge in [0.25, 0.3) is 6.47 Å². The van der Waals surface area contributed by atoms with Gasteiger partial charge in [-0.2, -0.15) is 0 Å². The van der Waals surface area contributed by atoms with E-state index in [2.05, 4.69) is 22.6 Å². The molecule has 0 spiro atoms. The van der Waals surface area contributed by atoms with Crippen molar-refractivity contribution in [1.82, 2.24) is 9.47 Å². The van der Waals surface area contributed by atoms with Crippen molar-refractivity contribution in [3.8, 4) is 5.75 Å². The first-order chi connectivity index (χ1) is 12.2. The van der Waals surface area contributed by atoms with E-state index in [4.69, 9.17) is 4.74 Å². The van der Waals surface area contributed by atoms with Crippen LogP contribution in [0.25, 0.3) is 10.9 Å². The summed E-state index contributed by atoms with van der Waals surface area (Å²) in [5.41, 5.74) is 4.05. The zero-order valence-corrected chi connectivity index (χ0v) is 14.5. The quantitative estimate of drug-likeness (QED) is 0.869. The molecule has 6 rings (SSSR count). The van der Waals surface area contributed by atoms with Gasteiger partial charge in [0.2, 0.25) is 0 Å². The average molecular weight is 340 g/mol. The number of piperidine rings is 2. The van der Waals surface area contributed by atoms with Crippen molar-refractivity contribution in [3.63, 3.8) is 0 Å². The predicted octanol–water partition coefficient (Wildman–Crippen LogP) is 2.06. The van der Waals surface area contributed by atoms with Gasteiger partial charge >= 0.3 is 0 Å². The van der Waals surface area contributed by atoms with Gasteiger partial charge in [-0.15, -0.1) is 0 Å². The van der Waals surface area contributed by atoms with Crippen molar-refractivity contribution in [2.24, 2.45) is 18.9 Å². The second-order valence-electron chi connectivity index (χ2n) is 7.94. The molecule has 5 nitrogen and oxygen atoms in total. The number of carbonyl (C=O) groups excluding carboxylic acids is 1. The molecule has 0 radical (unpaired) electrons. The third kappa shape index (κ3) is 2.12. The number of aromatic nitrogens is 1. The number of aliphatic hydroxyl groups excluding tert-OH is 1. The fourth-order valence-corrected chi connectivity index (χ4v) is 5.98. The van der Waals surface area contributed by atoms with Crippen LogP contribution < -0.4 is 4.74 Å². The number of fused-ring (bicyclic) bond motifs is 4. The topological polar surface area (TPSA) is 54.7 Å². The van der Waals surface area contributed by atoms with Crippen LogP contribution in [0.1, 0.15) is 30.0 Å². The molecule has 4 bridgehead atoms. The third-order valence-electron chi connectivity index (χ3n) is 6.78. The molecule has 5 unspecified atom stereocenters. The highest BCUT2D eigenvalue weighted by Gasteiger charge is 2.49. The number of rotatable bonds is 3. The first-order valence-electron chi connectivity index (χ1n) is 9.27. The lowest BCUT2D eigenvalue weighted by Crippen LogP contribution is -2.57. The van der Waals surface area contributed by atoms with Crippen molar-refractivity contribution >= 4 is 17.4 Å². The van der Waals surface area contributed by atoms with E-state index < -0.39 is 0 Å². The molecule has 0 amide bonds. The molecule has 3 aliphatic heterocycles. The third-order valence-corrected chi connectivity index (χ3v) is 6.78. The van der Waals surface area contributed by atoms with Gasteiger partial charge in [-0.05, 0) is 54.9 Å². The summed E-state index contributed by atoms with van der Waals surface area (Å²) in [5, 5.41) is 11.1. The minimum atomic E-state index is 0.296. The largest absolute Gasteiger partial charge is 0.429 e. The van der Waals surface area contributed by atoms with Crippen LogP contribution in [0, 0.1) is 11.8 Å². The van der Waals surface area contributed by atoms with Gasteiger partial charge in [-0.1, -0.05) is 0 Å². The van der Waals surface area contributed by atoms with Gasteiger partial charge in [0.05, 0.1) is 0 Å². The number of ether oxygens (including phenoxy) is 1. The maximum atomic E-state index is 10.7. The zero-order chi connectivity index (χ0) is 17.1. The lowest BCUT2D eigenvalue weighted by molar-refractivity contribution is -0.120. The highest BCUT2D eigenvalue weighted by molar-refractivity contribution is 5.87. The smallest absolute Gasteiger partial charge is 0.298 e. The summed E-state index contributed by atoms with van der Waals surface area (Å²) < 4.78 is 7.43. The van der Waals surface area contributed by atoms with E-state index in [1.165, 1.54) is 41.5 Å². The first kappa shape index (κ1) is 15.4. The second-order valence-corrected chi connectivity index (χ2v) is 7.94. The summed E-state index contributed by atoms with van der Waals surface area (Å²) in [4.78, 5) is 13.3. The Bertz CT molecular complexity index is 843. The Morgan fingerprint density at radius 3 is 3.04 bits per heavy atom. The summed E-state index contributed by atoms with van der Waals surface area (Å²) in [6.07, 6.45) is 3.42. The maximum Gasteiger partial charge on any atom is 0.298 e. The Hall–Kier alpha value is -1.85. The summed E-state index contributed by atoms with van der Waals surface area (Å²) in [5.74, 6) is 2.20. The van der Waals surface area contributed by atoms with E-state index >= 15 is 0 Å². The van der Waals surface area contributed by atoms with Crippen LogP contribution in [0.5, 0.6) is 5.75 Å². The summed E-state index contributed by atoms with van der Waals surface area (Å²) in [6.45, 7) is 3.03. The Kier molecular flexibility index (Phi) is 3.44. The fourth-order valence-electron chi connectivity index (χ4n) is 5.98. The van der Waals surface area contributed by atoms with Crippen molar-refractivity contribution in [2.45, 2.75) is 31.2 Å². The molecule has 2 aromatic rings. The second kappa shape index (κ2) is 5.58. The van der Waals surface area contributed by atoms with Gasteiger partial charge in [0, 0.05) is 55.3 Å². The van der Waals surface area contributed by atoms with Crippen LogP contribution in [0.15, 0.2) is 18.2 Å². The van der Waals surface area contributed by atoms with Crippen LogP contribution in [-0.2, 0) is 18.3 Å². The molecule has 4 heterocycles. The fraction of sp³-hybridized carbons (Fsp3) is 0.550. The molecule has 4 aliphatic rings. The SMILES string of the molecule is Cn1c2c(c3cc(OC=O)ccc31)CCN1CC3CC(CO)C1C2C3. The number of hydrogen-bond donors (Lipinski definition) is 1. The van der Waals surface area contributed by atoms with Crippen LogP contribution in [0.3, 0.4) is 0 Å². The highest BCUT2D eigenvalue weighted by Crippen LogP contribution is 2.50. The molecule has 1 aromatic carbocycles. The monoisotopic (exact) mass is 340 g/mol. The molecule has 3 fully saturated rings. The van der Waals surface area contributed by atoms with E-state index in [0.29, 0.717) is 42.6 Å². The molecular formula is C20H24N2O3. The van der Waals surface area contributed by atoms with Crippen molar-refractivity contribution in [2.75, 3.05) is 19.7 Å². The minimum absolute atomic E-state index is 0.296. The van der Waals surface area contributed by atoms with Crippen molar-refractivity contribution in [3.05, 3.63) is 29.5 Å². The number of hydrogen-bond acceptors (Lipinski definition) is 4. The number of carbonyl (C=O) groups is 1. The number of aryl methyl sites for hydroxylation is 1. The van der Waals surface area contributed by atoms with Crippen molar-refractivity contribution < 1.29 is 14.6 Å². The lowest BCUT2D eigenvalue weighted by Gasteiger charge is -2.53. The summed E-state index contributed by atoms with van der Waals surface area (Å²) >= 11 is 0. The Morgan fingerprint density at radius 2 is 2.24 bits per heavy atom. The average Bonchev–Trinajstić information content (AvgIpc) is 2.84. The van der Waals surface area contributed by atoms with Gasteiger partial charge < -0.3 is 14.4 Å². The molecule has 2 saturated heterocycles. The first-order valence-corrected chi connectivity index (χ1v) is 9.27. The molecular weight excluding hydrogens is 316 g/mol. The zero-order valence-electron chi connectivity index (χ0n) is 14.5. The van der Waals surface area contributed by atoms with Crippen LogP contribution in [-0.4, -0.2) is 46.8 Å². The summed E-state index contributed by atoms with van der Waals surface area (Å²) in [6, 6.07) is 6.40. The number of nitrogens with zero attached hydrogens (tertiary/aromatic N) is 2. The van der Waals surface area contributed by atoms with Crippen molar-refractivity contribution in [1.29, 1.82) is 0 Å². The summed E-state index contributed by atoms with van der Waals surface area (Å²) in [7, 11) is 2.16. The van der Waals surface area contributed by atoms with Gasteiger partial charge in [0.15, 0.2) is 0 Å². The Labute approximate surface area is 147 Å². The molecule has 5 atom stereocenters. The predicted molar refractivity (Wildman–Crippen MR) is 94.7 cm³/mol. The maximum absolute atomic E-state index is 10.7. The normalized spacial score (nSPS) is 33.1. The Balaban J connectivity index is 1.69. The molecule has 25 heavy (non-hydrogen) atoms. The van der Waals surface area contributed by atoms with Gasteiger partial charge in [-0.25, -0.2) is 0 Å². The molecule has 132 valence electrons. The molecule has 1 aliphatic carbocycles. The molecule has 1 saturated carbocycles. The standard InChI is InChI=1S/C20H24N2O3/c1-21-18-3-2-14(25-11-24)8-16(18)15-4-5-22-9-12-6-13(10-23)19(22)17(7-12)20(15)21/h2-3,8,11-13,17,19,23H,4-7,9-10H2,1H3. The number of benzene rings is 1. The molecule has 1 N–H and O–H groups in total. The van der Waals surface area contributed by atoms with Gasteiger partial charge in [0.1, 0.15) is 5.75 Å². The van der Waals surface area contributed by atoms with Gasteiger partial charge in [-0.3, -0.25) is 9.69 Å². The van der Waals surface area contributed by atoms with Crippen LogP contribution >= 0.6 is 0 Å². The van der Waals surface area contributed by atoms with E-state index in [9.17, 15) is 9.90 Å². The van der Waals surface area contributed by atoms with E-state index in [0.717, 1.165) is 13.0 Å². The molecule has 1 aromatic heterocycles. The minimum Gasteiger partial charge on any atom is -0.429 e. The van der Waals surface area contributed by atoms with E-state index in [-0.39, 0.29) is 0 Å². The van der Waals surface area contributed by atoms with Crippen LogP contribution in [0.2, 0.25) is 0 Å². The van der Waals surface area contributed by atoms with Crippen LogP contribution in [0.4, 0.5) is 0 Å². The Morgan fingerprint density at radius 1 is 1.36 bits per heavy atom. The molecule has 5 heteroatoms. The highest BCUT2D eigenvalue weighted by atomic mass is 16.5.